The molecule has 2 unspecified atom stereocenters. The standard InChI is InChI=1S/C21H38N4O4/c1-16(2)24-10-6-17(7-11-24)4-5-18-20(29-21(28)22(18)3)25-14-12-23(13-15-25)9-8-19(26)27/h16-18,20H,4-15H2,1-3H3,(H,26,27). The minimum atomic E-state index is -0.752. The lowest BCUT2D eigenvalue weighted by atomic mass is 9.89. The van der Waals surface area contributed by atoms with Crippen LogP contribution in [-0.2, 0) is 9.53 Å². The zero-order valence-electron chi connectivity index (χ0n) is 18.3. The summed E-state index contributed by atoms with van der Waals surface area (Å²) in [5.74, 6) is -0.0133. The quantitative estimate of drug-likeness (QED) is 0.653. The first-order valence-corrected chi connectivity index (χ1v) is 11.2. The number of carbonyl (C=O) groups is 2. The zero-order chi connectivity index (χ0) is 21.0. The van der Waals surface area contributed by atoms with Crippen molar-refractivity contribution in [2.24, 2.45) is 5.92 Å². The Morgan fingerprint density at radius 1 is 1.10 bits per heavy atom. The molecule has 0 saturated carbocycles. The number of hydrogen-bond acceptors (Lipinski definition) is 6. The number of cyclic esters (lactones) is 1. The molecular formula is C21H38N4O4. The highest BCUT2D eigenvalue weighted by Gasteiger charge is 2.43. The van der Waals surface area contributed by atoms with Crippen molar-refractivity contribution < 1.29 is 19.4 Å². The number of nitrogens with zero attached hydrogens (tertiary/aromatic N) is 4. The smallest absolute Gasteiger partial charge is 0.411 e. The first kappa shape index (κ1) is 22.3. The average molecular weight is 411 g/mol. The Morgan fingerprint density at radius 3 is 2.34 bits per heavy atom. The summed E-state index contributed by atoms with van der Waals surface area (Å²) >= 11 is 0. The average Bonchev–Trinajstić information content (AvgIpc) is 2.99. The van der Waals surface area contributed by atoms with Crippen LogP contribution in [-0.4, -0.2) is 108 Å². The molecule has 3 saturated heterocycles. The number of rotatable bonds is 8. The van der Waals surface area contributed by atoms with Gasteiger partial charge in [0.2, 0.25) is 0 Å². The molecule has 0 aromatic carbocycles. The summed E-state index contributed by atoms with van der Waals surface area (Å²) in [6, 6.07) is 0.734. The minimum absolute atomic E-state index is 0.108. The van der Waals surface area contributed by atoms with Crippen molar-refractivity contribution in [3.8, 4) is 0 Å². The number of aliphatic carboxylic acids is 1. The molecule has 0 bridgehead atoms. The molecule has 3 heterocycles. The van der Waals surface area contributed by atoms with Crippen molar-refractivity contribution in [3.63, 3.8) is 0 Å². The molecule has 2 atom stereocenters. The number of likely N-dealkylation sites (N-methyl/N-ethyl adjacent to an activating group) is 1. The molecule has 0 radical (unpaired) electrons. The third-order valence-electron chi connectivity index (χ3n) is 6.99. The van der Waals surface area contributed by atoms with Gasteiger partial charge in [0, 0.05) is 45.8 Å². The second-order valence-corrected chi connectivity index (χ2v) is 9.12. The number of carboxylic acids is 1. The molecule has 3 rings (SSSR count). The van der Waals surface area contributed by atoms with Gasteiger partial charge in [-0.3, -0.25) is 9.69 Å². The highest BCUT2D eigenvalue weighted by molar-refractivity contribution is 5.70. The van der Waals surface area contributed by atoms with E-state index in [1.165, 1.54) is 25.9 Å². The Balaban J connectivity index is 1.48. The summed E-state index contributed by atoms with van der Waals surface area (Å²) in [6.45, 7) is 10.8. The van der Waals surface area contributed by atoms with Crippen LogP contribution < -0.4 is 0 Å². The zero-order valence-corrected chi connectivity index (χ0v) is 18.3. The van der Waals surface area contributed by atoms with E-state index in [9.17, 15) is 9.59 Å². The van der Waals surface area contributed by atoms with Crippen molar-refractivity contribution in [2.45, 2.75) is 64.3 Å². The van der Waals surface area contributed by atoms with Gasteiger partial charge >= 0.3 is 12.1 Å². The number of piperidine rings is 1. The molecule has 166 valence electrons. The van der Waals surface area contributed by atoms with Crippen molar-refractivity contribution in [1.29, 1.82) is 0 Å². The molecule has 0 aromatic rings. The predicted molar refractivity (Wildman–Crippen MR) is 111 cm³/mol. The van der Waals surface area contributed by atoms with Gasteiger partial charge in [-0.05, 0) is 58.5 Å². The first-order valence-electron chi connectivity index (χ1n) is 11.2. The van der Waals surface area contributed by atoms with Crippen molar-refractivity contribution >= 4 is 12.1 Å². The van der Waals surface area contributed by atoms with E-state index >= 15 is 0 Å². The van der Waals surface area contributed by atoms with Gasteiger partial charge in [-0.15, -0.1) is 0 Å². The lowest BCUT2D eigenvalue weighted by Crippen LogP contribution is -2.54. The van der Waals surface area contributed by atoms with Gasteiger partial charge in [-0.25, -0.2) is 4.79 Å². The molecule has 3 fully saturated rings. The first-order chi connectivity index (χ1) is 13.8. The Labute approximate surface area is 174 Å². The highest BCUT2D eigenvalue weighted by Crippen LogP contribution is 2.30. The topological polar surface area (TPSA) is 76.6 Å². The second kappa shape index (κ2) is 10.1. The Bertz CT molecular complexity index is 557. The Morgan fingerprint density at radius 2 is 1.76 bits per heavy atom. The summed E-state index contributed by atoms with van der Waals surface area (Å²) < 4.78 is 5.74. The summed E-state index contributed by atoms with van der Waals surface area (Å²) in [6.07, 6.45) is 4.41. The van der Waals surface area contributed by atoms with Crippen LogP contribution in [0.3, 0.4) is 0 Å². The van der Waals surface area contributed by atoms with Gasteiger partial charge < -0.3 is 24.5 Å². The number of ether oxygens (including phenoxy) is 1. The van der Waals surface area contributed by atoms with E-state index in [4.69, 9.17) is 9.84 Å². The van der Waals surface area contributed by atoms with Gasteiger partial charge in [0.15, 0.2) is 6.23 Å². The molecule has 1 N–H and O–H groups in total. The van der Waals surface area contributed by atoms with Crippen molar-refractivity contribution in [2.75, 3.05) is 52.9 Å². The van der Waals surface area contributed by atoms with Crippen LogP contribution in [0, 0.1) is 5.92 Å². The van der Waals surface area contributed by atoms with Crippen LogP contribution in [0.2, 0.25) is 0 Å². The fourth-order valence-corrected chi connectivity index (χ4v) is 4.91. The molecule has 0 spiro atoms. The predicted octanol–water partition coefficient (Wildman–Crippen LogP) is 1.76. The molecule has 8 heteroatoms. The fraction of sp³-hybridized carbons (Fsp3) is 0.905. The van der Waals surface area contributed by atoms with E-state index < -0.39 is 5.97 Å². The second-order valence-electron chi connectivity index (χ2n) is 9.12. The minimum Gasteiger partial charge on any atom is -0.481 e. The van der Waals surface area contributed by atoms with E-state index in [1.54, 1.807) is 4.90 Å². The van der Waals surface area contributed by atoms with Crippen LogP contribution in [0.1, 0.15) is 46.0 Å². The van der Waals surface area contributed by atoms with E-state index in [0.717, 1.165) is 44.9 Å². The van der Waals surface area contributed by atoms with Crippen LogP contribution in [0.5, 0.6) is 0 Å². The third-order valence-corrected chi connectivity index (χ3v) is 6.99. The fourth-order valence-electron chi connectivity index (χ4n) is 4.91. The molecular weight excluding hydrogens is 372 g/mol. The summed E-state index contributed by atoms with van der Waals surface area (Å²) in [5, 5.41) is 8.87. The number of likely N-dealkylation sites (tertiary alicyclic amines) is 1. The van der Waals surface area contributed by atoms with Crippen LogP contribution in [0.25, 0.3) is 0 Å². The van der Waals surface area contributed by atoms with Gasteiger partial charge in [0.1, 0.15) is 0 Å². The van der Waals surface area contributed by atoms with Crippen molar-refractivity contribution in [1.82, 2.24) is 19.6 Å². The van der Waals surface area contributed by atoms with E-state index in [0.29, 0.717) is 12.6 Å². The molecule has 29 heavy (non-hydrogen) atoms. The largest absolute Gasteiger partial charge is 0.481 e. The maximum absolute atomic E-state index is 12.2. The summed E-state index contributed by atoms with van der Waals surface area (Å²) in [4.78, 5) is 31.8. The molecule has 0 aromatic heterocycles. The number of piperazine rings is 1. The maximum atomic E-state index is 12.2. The maximum Gasteiger partial charge on any atom is 0.411 e. The number of carbonyl (C=O) groups excluding carboxylic acids is 1. The number of hydrogen-bond donors (Lipinski definition) is 1. The van der Waals surface area contributed by atoms with Crippen LogP contribution >= 0.6 is 0 Å². The Kier molecular flexibility index (Phi) is 7.76. The molecule has 8 nitrogen and oxygen atoms in total. The van der Waals surface area contributed by atoms with E-state index in [1.807, 2.05) is 7.05 Å². The lowest BCUT2D eigenvalue weighted by Gasteiger charge is -2.39. The lowest BCUT2D eigenvalue weighted by molar-refractivity contribution is -0.137. The molecule has 3 aliphatic rings. The van der Waals surface area contributed by atoms with Crippen LogP contribution in [0.15, 0.2) is 0 Å². The summed E-state index contributed by atoms with van der Waals surface area (Å²) in [5.41, 5.74) is 0. The van der Waals surface area contributed by atoms with Gasteiger partial charge in [-0.2, -0.15) is 0 Å². The van der Waals surface area contributed by atoms with Crippen molar-refractivity contribution in [3.05, 3.63) is 0 Å². The normalized spacial score (nSPS) is 28.3. The van der Waals surface area contributed by atoms with E-state index in [2.05, 4.69) is 28.5 Å². The number of carboxylic acid groups (broad SMARTS) is 1. The van der Waals surface area contributed by atoms with Gasteiger partial charge in [-0.1, -0.05) is 0 Å². The highest BCUT2D eigenvalue weighted by atomic mass is 16.6. The SMILES string of the molecule is CC(C)N1CCC(CCC2C(N3CCN(CCC(=O)O)CC3)OC(=O)N2C)CC1. The van der Waals surface area contributed by atoms with E-state index in [-0.39, 0.29) is 24.8 Å². The third kappa shape index (κ3) is 5.83. The van der Waals surface area contributed by atoms with Crippen LogP contribution in [0.4, 0.5) is 4.79 Å². The number of amides is 1. The monoisotopic (exact) mass is 410 g/mol. The molecule has 0 aliphatic carbocycles. The van der Waals surface area contributed by atoms with Gasteiger partial charge in [0.25, 0.3) is 0 Å². The summed E-state index contributed by atoms with van der Waals surface area (Å²) in [7, 11) is 1.86. The Hall–Kier alpha value is -1.38. The van der Waals surface area contributed by atoms with Gasteiger partial charge in [0.05, 0.1) is 12.5 Å². The molecule has 3 aliphatic heterocycles. The molecule has 1 amide bonds.